The van der Waals surface area contributed by atoms with Gasteiger partial charge in [0, 0.05) is 32.4 Å². The van der Waals surface area contributed by atoms with Crippen molar-refractivity contribution in [3.05, 3.63) is 264 Å². The second-order valence-corrected chi connectivity index (χ2v) is 45.7. The van der Waals surface area contributed by atoms with Gasteiger partial charge in [0.2, 0.25) is 0 Å². The number of sulfonamides is 2. The van der Waals surface area contributed by atoms with E-state index in [9.17, 15) is 62.4 Å². The number of rotatable bonds is 18. The first kappa shape index (κ1) is 85.6. The Labute approximate surface area is 709 Å². The van der Waals surface area contributed by atoms with Gasteiger partial charge in [-0.15, -0.1) is 56.7 Å². The predicted octanol–water partition coefficient (Wildman–Crippen LogP) is 15.0. The lowest BCUT2D eigenvalue weighted by atomic mass is 10.1. The van der Waals surface area contributed by atoms with Gasteiger partial charge < -0.3 is 32.3 Å². The van der Waals surface area contributed by atoms with E-state index in [1.807, 2.05) is 0 Å². The minimum Gasteiger partial charge on any atom is -0.365 e. The first-order valence-corrected chi connectivity index (χ1v) is 49.9. The first-order valence-electron chi connectivity index (χ1n) is 39.5. The lowest BCUT2D eigenvalue weighted by Crippen LogP contribution is -2.41. The third-order valence-electron chi connectivity index (χ3n) is 22.4. The molecule has 0 unspecified atom stereocenters. The Hall–Kier alpha value is -8.86. The van der Waals surface area contributed by atoms with Crippen molar-refractivity contribution in [1.29, 1.82) is 0 Å². The number of benzene rings is 5. The van der Waals surface area contributed by atoms with Crippen LogP contribution in [0.4, 0.5) is 0 Å². The fourth-order valence-corrected chi connectivity index (χ4v) is 27.4. The number of sulfone groups is 2. The zero-order valence-electron chi connectivity index (χ0n) is 66.2. The van der Waals surface area contributed by atoms with Crippen LogP contribution in [-0.2, 0) is 71.8 Å². The van der Waals surface area contributed by atoms with Crippen LogP contribution in [0.2, 0.25) is 0 Å². The van der Waals surface area contributed by atoms with E-state index in [0.717, 1.165) is 159 Å². The molecular formula is C87H94N8O14S9. The van der Waals surface area contributed by atoms with Gasteiger partial charge in [-0.25, -0.2) is 33.7 Å². The molecular weight excluding hydrogens is 1670 g/mol. The molecule has 6 aliphatic carbocycles. The van der Waals surface area contributed by atoms with Crippen LogP contribution in [0, 0.1) is 34.6 Å². The second kappa shape index (κ2) is 35.8. The second-order valence-electron chi connectivity index (χ2n) is 31.2. The maximum Gasteiger partial charge on any atom is 0.261 e. The smallest absolute Gasteiger partial charge is 0.261 e. The van der Waals surface area contributed by atoms with Gasteiger partial charge in [-0.05, 0) is 247 Å². The number of hydrogen-bond donors (Lipinski definition) is 6. The summed E-state index contributed by atoms with van der Waals surface area (Å²) in [4.78, 5) is 76.1. The average molecular weight is 1760 g/mol. The Kier molecular flexibility index (Phi) is 26.0. The zero-order valence-corrected chi connectivity index (χ0v) is 73.5. The Balaban J connectivity index is 0.000000121. The van der Waals surface area contributed by atoms with Crippen LogP contribution in [0.25, 0.3) is 0 Å². The molecule has 118 heavy (non-hydrogen) atoms. The standard InChI is InChI=1S/C19H22N2O3S2.C18H20N2O3S2.C18H19NO3S2.C16H16N2O2S.C16H17NO3S2/c1-13-4-6-15-14(12-13)5-7-16(15)20-19(22)17-8-9-18(25-17)26(23,24)21-10-2-3-11-21;1-12-3-5-14-13(11-12)4-6-15(14)19-18(21)16-7-8-17(24-16)25(22,23)20-9-2-10-20;1-11-2-6-14-12(10-11)3-7-15(14)19-18(20)16-8-9-17(23-16)24(21,22)13-4-5-13;1-9-2-4-11-10(8-9)3-5-12(11)18-16(20)14-7-6-13(21-14)15(17)19;1-10-3-5-12-11(9-10)4-6-13(12)17-16(18)14-7-8-15(21-14)22(2,19)20/h4,6,8-9,12,16H,2-3,5,7,10-11H2,1H3,(H,20,22);3,5,7-8,11,15H,2,4,6,9-10H2,1H3,(H,19,21);2,6,8-10,13,15H,3-5,7H2,1H3,(H,19,20);2,4,6-8,12H,3,5H2,1H3,(H2,17,19)(H,18,20);3,5,7-9,13H,4,6H2,1-2H3,(H,17,18)/t16-;2*15-;12-;13-/m11111/s1. The molecule has 18 rings (SSSR count). The summed E-state index contributed by atoms with van der Waals surface area (Å²) >= 11 is 5.34. The van der Waals surface area contributed by atoms with Crippen molar-refractivity contribution in [3.8, 4) is 0 Å². The normalized spacial score (nSPS) is 18.9. The molecule has 0 bridgehead atoms. The molecule has 5 aromatic heterocycles. The Morgan fingerprint density at radius 2 is 0.576 bits per heavy atom. The van der Waals surface area contributed by atoms with Gasteiger partial charge in [-0.3, -0.25) is 28.8 Å². The minimum absolute atomic E-state index is 0.000592. The molecule has 22 nitrogen and oxygen atoms in total. The number of amides is 6. The molecule has 0 radical (unpaired) electrons. The highest BCUT2D eigenvalue weighted by Crippen LogP contribution is 2.41. The molecule has 10 aromatic rings. The lowest BCUT2D eigenvalue weighted by molar-refractivity contribution is 0.0932. The van der Waals surface area contributed by atoms with Crippen molar-refractivity contribution >= 4 is 132 Å². The molecule has 5 atom stereocenters. The number of nitrogens with zero attached hydrogens (tertiary/aromatic N) is 2. The molecule has 2 aliphatic heterocycles. The van der Waals surface area contributed by atoms with E-state index in [0.29, 0.717) is 59.7 Å². The van der Waals surface area contributed by atoms with E-state index >= 15 is 0 Å². The number of thiophene rings is 5. The van der Waals surface area contributed by atoms with Crippen LogP contribution in [0.15, 0.2) is 168 Å². The third-order valence-corrected chi connectivity index (χ3v) is 37.2. The first-order chi connectivity index (χ1) is 56.2. The van der Waals surface area contributed by atoms with Crippen molar-refractivity contribution in [3.63, 3.8) is 0 Å². The molecule has 6 amide bonds. The molecule has 7 N–H and O–H groups in total. The lowest BCUT2D eigenvalue weighted by Gasteiger charge is -2.28. The van der Waals surface area contributed by atoms with Crippen molar-refractivity contribution < 1.29 is 62.4 Å². The van der Waals surface area contributed by atoms with Crippen LogP contribution in [0.3, 0.4) is 0 Å². The van der Waals surface area contributed by atoms with Crippen LogP contribution >= 0.6 is 56.7 Å². The van der Waals surface area contributed by atoms with Gasteiger partial charge in [0.1, 0.15) is 16.8 Å². The molecule has 0 spiro atoms. The molecule has 8 aliphatic rings. The number of fused-ring (bicyclic) bond motifs is 5. The van der Waals surface area contributed by atoms with Crippen molar-refractivity contribution in [2.45, 2.75) is 183 Å². The molecule has 31 heteroatoms. The van der Waals surface area contributed by atoms with Gasteiger partial charge in [0.15, 0.2) is 19.7 Å². The molecule has 3 fully saturated rings. The number of nitrogens with one attached hydrogen (secondary N) is 5. The topological polar surface area (TPSA) is 332 Å². The van der Waals surface area contributed by atoms with Gasteiger partial charge >= 0.3 is 0 Å². The summed E-state index contributed by atoms with van der Waals surface area (Å²) in [6, 6.07) is 47.5. The maximum absolute atomic E-state index is 12.6. The Bertz CT molecular complexity index is 6030. The Morgan fingerprint density at radius 3 is 0.839 bits per heavy atom. The molecule has 620 valence electrons. The van der Waals surface area contributed by atoms with Gasteiger partial charge in [-0.1, -0.05) is 119 Å². The average Bonchev–Trinajstić information content (AvgIpc) is 1.60. The molecule has 5 aromatic carbocycles. The SMILES string of the molecule is Cc1ccc2c(c1)CC[C@H]2NC(=O)c1ccc(C(N)=O)s1.Cc1ccc2c(c1)CC[C@H]2NC(=O)c1ccc(S(=O)(=O)C2CC2)s1.Cc1ccc2c(c1)CC[C@H]2NC(=O)c1ccc(S(=O)(=O)N2CCC2)s1.Cc1ccc2c(c1)CC[C@H]2NC(=O)c1ccc(S(=O)(=O)N2CCCC2)s1.Cc1ccc2c(c1)CC[C@H]2NC(=O)c1ccc(S(C)(=O)=O)s1. The summed E-state index contributed by atoms with van der Waals surface area (Å²) in [5.74, 6) is -1.44. The number of carbonyl (C=O) groups is 6. The van der Waals surface area contributed by atoms with Crippen LogP contribution in [0.5, 0.6) is 0 Å². The number of nitrogens with two attached hydrogens (primary N) is 1. The van der Waals surface area contributed by atoms with E-state index < -0.39 is 45.6 Å². The largest absolute Gasteiger partial charge is 0.365 e. The van der Waals surface area contributed by atoms with Crippen LogP contribution < -0.4 is 32.3 Å². The van der Waals surface area contributed by atoms with Crippen LogP contribution in [-0.4, -0.2) is 115 Å². The summed E-state index contributed by atoms with van der Waals surface area (Å²) < 4.78 is 102. The van der Waals surface area contributed by atoms with Gasteiger partial charge in [0.25, 0.3) is 55.5 Å². The van der Waals surface area contributed by atoms with E-state index in [-0.39, 0.29) is 77.6 Å². The summed E-state index contributed by atoms with van der Waals surface area (Å²) in [6.07, 6.45) is 14.6. The molecule has 7 heterocycles. The Morgan fingerprint density at radius 1 is 0.322 bits per heavy atom. The summed E-state index contributed by atoms with van der Waals surface area (Å²) in [7, 11) is -13.4. The number of primary amides is 1. The van der Waals surface area contributed by atoms with Gasteiger partial charge in [-0.2, -0.15) is 8.61 Å². The maximum atomic E-state index is 12.6. The quantitative estimate of drug-likeness (QED) is 0.0465. The van der Waals surface area contributed by atoms with E-state index in [4.69, 9.17) is 5.73 Å². The highest BCUT2D eigenvalue weighted by atomic mass is 32.3. The van der Waals surface area contributed by atoms with E-state index in [1.165, 1.54) is 98.1 Å². The van der Waals surface area contributed by atoms with E-state index in [1.54, 1.807) is 54.6 Å². The molecule has 1 saturated carbocycles. The predicted molar refractivity (Wildman–Crippen MR) is 463 cm³/mol. The highest BCUT2D eigenvalue weighted by molar-refractivity contribution is 7.94. The van der Waals surface area contributed by atoms with Crippen molar-refractivity contribution in [1.82, 2.24) is 35.2 Å². The van der Waals surface area contributed by atoms with Gasteiger partial charge in [0.05, 0.1) is 64.7 Å². The van der Waals surface area contributed by atoms with Crippen molar-refractivity contribution in [2.75, 3.05) is 32.4 Å². The molecule has 2 saturated heterocycles. The number of hydrogen-bond acceptors (Lipinski definition) is 19. The highest BCUT2D eigenvalue weighted by Gasteiger charge is 2.39. The minimum atomic E-state index is -3.46. The zero-order chi connectivity index (χ0) is 83.7. The number of aryl methyl sites for hydroxylation is 10. The fourth-order valence-electron chi connectivity index (χ4n) is 15.9. The van der Waals surface area contributed by atoms with E-state index in [2.05, 4.69) is 152 Å². The summed E-state index contributed by atoms with van der Waals surface area (Å²) in [5, 5.41) is 15.0. The van der Waals surface area contributed by atoms with Crippen molar-refractivity contribution in [2.24, 2.45) is 5.73 Å². The van der Waals surface area contributed by atoms with Crippen LogP contribution in [0.1, 0.15) is 236 Å². The monoisotopic (exact) mass is 1760 g/mol. The fraction of sp³-hybridized carbons (Fsp3) is 0.356. The third kappa shape index (κ3) is 19.6. The number of carbonyl (C=O) groups excluding carboxylic acids is 6. The summed E-state index contributed by atoms with van der Waals surface area (Å²) in [5.41, 5.74) is 23.7. The summed E-state index contributed by atoms with van der Waals surface area (Å²) in [6.45, 7) is 12.6.